The van der Waals surface area contributed by atoms with Crippen molar-refractivity contribution in [3.05, 3.63) is 54.6 Å². The summed E-state index contributed by atoms with van der Waals surface area (Å²) < 4.78 is 17.4. The van der Waals surface area contributed by atoms with E-state index in [9.17, 15) is 4.79 Å². The van der Waals surface area contributed by atoms with Gasteiger partial charge in [0.2, 0.25) is 5.13 Å². The van der Waals surface area contributed by atoms with Crippen LogP contribution in [0, 0.1) is 0 Å². The third-order valence-electron chi connectivity index (χ3n) is 4.64. The number of nitrogens with zero attached hydrogens (tertiary/aromatic N) is 3. The lowest BCUT2D eigenvalue weighted by Crippen LogP contribution is -2.06. The minimum Gasteiger partial charge on any atom is -0.494 e. The van der Waals surface area contributed by atoms with Crippen LogP contribution < -0.4 is 9.47 Å². The molecule has 0 saturated heterocycles. The molecule has 0 saturated carbocycles. The van der Waals surface area contributed by atoms with Crippen LogP contribution >= 0.6 is 11.3 Å². The molecule has 0 aliphatic heterocycles. The maximum absolute atomic E-state index is 11.3. The minimum atomic E-state index is -0.322. The van der Waals surface area contributed by atoms with Crippen LogP contribution in [0.2, 0.25) is 0 Å². The number of hydrogen-bond acceptors (Lipinski definition) is 8. The molecule has 3 aromatic rings. The summed E-state index contributed by atoms with van der Waals surface area (Å²) in [4.78, 5) is 15.8. The van der Waals surface area contributed by atoms with Crippen LogP contribution in [-0.2, 0) is 9.53 Å². The van der Waals surface area contributed by atoms with Gasteiger partial charge in [0.15, 0.2) is 0 Å². The van der Waals surface area contributed by atoms with Gasteiger partial charge in [0.25, 0.3) is 0 Å². The van der Waals surface area contributed by atoms with Gasteiger partial charge in [0, 0.05) is 5.57 Å². The van der Waals surface area contributed by atoms with Crippen LogP contribution in [0.5, 0.6) is 11.5 Å². The number of hydrogen-bond donors (Lipinski definition) is 0. The number of azo groups is 1. The summed E-state index contributed by atoms with van der Waals surface area (Å²) in [6.07, 6.45) is 3.80. The number of rotatable bonds is 13. The van der Waals surface area contributed by atoms with E-state index in [1.54, 1.807) is 6.92 Å². The van der Waals surface area contributed by atoms with Crippen molar-refractivity contribution < 1.29 is 19.0 Å². The molecule has 0 bridgehead atoms. The molecule has 0 aliphatic rings. The third kappa shape index (κ3) is 7.98. The van der Waals surface area contributed by atoms with Gasteiger partial charge in [0.1, 0.15) is 11.5 Å². The molecule has 2 aromatic carbocycles. The molecule has 3 rings (SSSR count). The van der Waals surface area contributed by atoms with E-state index in [1.807, 2.05) is 49.4 Å². The standard InChI is InChI=1S/C25H29N3O4S/c1-4-30-21-13-14-22-23(17-21)33-25(26-22)28-27-19-9-11-20(12-10-19)31-15-7-5-6-8-16-32-24(29)18(2)3/h9-14,17H,2,4-8,15-16H2,1,3H3. The summed E-state index contributed by atoms with van der Waals surface area (Å²) in [5.41, 5.74) is 2.05. The topological polar surface area (TPSA) is 82.4 Å². The normalized spacial score (nSPS) is 11.1. The van der Waals surface area contributed by atoms with E-state index in [0.29, 0.717) is 30.5 Å². The Morgan fingerprint density at radius 1 is 0.970 bits per heavy atom. The number of carbonyl (C=O) groups is 1. The van der Waals surface area contributed by atoms with Crippen molar-refractivity contribution in [2.45, 2.75) is 39.5 Å². The predicted molar refractivity (Wildman–Crippen MR) is 131 cm³/mol. The van der Waals surface area contributed by atoms with Crippen molar-refractivity contribution in [2.24, 2.45) is 10.2 Å². The number of ether oxygens (including phenoxy) is 3. The second-order valence-corrected chi connectivity index (χ2v) is 8.44. The van der Waals surface area contributed by atoms with E-state index in [-0.39, 0.29) is 5.97 Å². The molecule has 0 atom stereocenters. The van der Waals surface area contributed by atoms with Gasteiger partial charge in [-0.2, -0.15) is 0 Å². The van der Waals surface area contributed by atoms with Gasteiger partial charge in [-0.25, -0.2) is 9.78 Å². The Morgan fingerprint density at radius 3 is 2.42 bits per heavy atom. The Labute approximate surface area is 198 Å². The Bertz CT molecular complexity index is 1090. The first kappa shape index (κ1) is 24.4. The maximum atomic E-state index is 11.3. The van der Waals surface area contributed by atoms with Gasteiger partial charge in [-0.15, -0.1) is 10.2 Å². The average Bonchev–Trinajstić information content (AvgIpc) is 3.22. The molecule has 0 aliphatic carbocycles. The number of carbonyl (C=O) groups excluding carboxylic acids is 1. The third-order valence-corrected chi connectivity index (χ3v) is 5.54. The molecule has 0 amide bonds. The summed E-state index contributed by atoms with van der Waals surface area (Å²) in [5.74, 6) is 1.31. The summed E-state index contributed by atoms with van der Waals surface area (Å²) in [7, 11) is 0. The van der Waals surface area contributed by atoms with Gasteiger partial charge in [-0.3, -0.25) is 0 Å². The van der Waals surface area contributed by atoms with Crippen molar-refractivity contribution in [3.8, 4) is 11.5 Å². The molecular weight excluding hydrogens is 438 g/mol. The van der Waals surface area contributed by atoms with Gasteiger partial charge < -0.3 is 14.2 Å². The molecule has 0 fully saturated rings. The van der Waals surface area contributed by atoms with E-state index in [0.717, 1.165) is 53.1 Å². The molecular formula is C25H29N3O4S. The Balaban J connectivity index is 1.38. The van der Waals surface area contributed by atoms with Gasteiger partial charge >= 0.3 is 5.97 Å². The van der Waals surface area contributed by atoms with E-state index >= 15 is 0 Å². The molecule has 0 radical (unpaired) electrons. The van der Waals surface area contributed by atoms with E-state index < -0.39 is 0 Å². The lowest BCUT2D eigenvalue weighted by atomic mass is 10.2. The highest BCUT2D eigenvalue weighted by Crippen LogP contribution is 2.32. The number of unbranched alkanes of at least 4 members (excludes halogenated alkanes) is 3. The SMILES string of the molecule is C=C(C)C(=O)OCCCCCCOc1ccc(N=Nc2nc3ccc(OCC)cc3s2)cc1. The molecule has 7 nitrogen and oxygen atoms in total. The Kier molecular flexibility index (Phi) is 9.38. The first-order chi connectivity index (χ1) is 16.0. The second kappa shape index (κ2) is 12.7. The van der Waals surface area contributed by atoms with Crippen molar-refractivity contribution in [1.29, 1.82) is 0 Å². The minimum absolute atomic E-state index is 0.322. The molecule has 0 unspecified atom stereocenters. The van der Waals surface area contributed by atoms with Crippen molar-refractivity contribution >= 4 is 38.3 Å². The van der Waals surface area contributed by atoms with Crippen molar-refractivity contribution in [1.82, 2.24) is 4.98 Å². The van der Waals surface area contributed by atoms with Crippen LogP contribution in [0.3, 0.4) is 0 Å². The highest BCUT2D eigenvalue weighted by molar-refractivity contribution is 7.21. The fourth-order valence-electron chi connectivity index (χ4n) is 2.94. The number of aromatic nitrogens is 1. The van der Waals surface area contributed by atoms with Crippen LogP contribution in [0.1, 0.15) is 39.5 Å². The lowest BCUT2D eigenvalue weighted by Gasteiger charge is -2.06. The second-order valence-electron chi connectivity index (χ2n) is 7.43. The monoisotopic (exact) mass is 467 g/mol. The Hall–Kier alpha value is -3.26. The summed E-state index contributed by atoms with van der Waals surface area (Å²) in [6, 6.07) is 13.3. The van der Waals surface area contributed by atoms with E-state index in [4.69, 9.17) is 14.2 Å². The molecule has 8 heteroatoms. The number of thiazole rings is 1. The van der Waals surface area contributed by atoms with E-state index in [2.05, 4.69) is 21.8 Å². The number of benzene rings is 2. The van der Waals surface area contributed by atoms with Crippen molar-refractivity contribution in [3.63, 3.8) is 0 Å². The van der Waals surface area contributed by atoms with Crippen LogP contribution in [0.4, 0.5) is 10.8 Å². The average molecular weight is 468 g/mol. The lowest BCUT2D eigenvalue weighted by molar-refractivity contribution is -0.139. The zero-order valence-corrected chi connectivity index (χ0v) is 19.9. The van der Waals surface area contributed by atoms with Crippen LogP contribution in [-0.4, -0.2) is 30.8 Å². The predicted octanol–water partition coefficient (Wildman–Crippen LogP) is 7.17. The van der Waals surface area contributed by atoms with E-state index in [1.165, 1.54) is 11.3 Å². The largest absolute Gasteiger partial charge is 0.494 e. The van der Waals surface area contributed by atoms with Gasteiger partial charge in [0.05, 0.1) is 35.7 Å². The van der Waals surface area contributed by atoms with Gasteiger partial charge in [-0.05, 0) is 82.0 Å². The summed E-state index contributed by atoms with van der Waals surface area (Å²) in [6.45, 7) is 8.88. The first-order valence-corrected chi connectivity index (χ1v) is 11.9. The fraction of sp³-hybridized carbons (Fsp3) is 0.360. The summed E-state index contributed by atoms with van der Waals surface area (Å²) in [5, 5.41) is 9.15. The molecule has 1 heterocycles. The maximum Gasteiger partial charge on any atom is 0.333 e. The molecule has 33 heavy (non-hydrogen) atoms. The highest BCUT2D eigenvalue weighted by atomic mass is 32.1. The highest BCUT2D eigenvalue weighted by Gasteiger charge is 2.05. The summed E-state index contributed by atoms with van der Waals surface area (Å²) >= 11 is 1.48. The quantitative estimate of drug-likeness (QED) is 0.115. The van der Waals surface area contributed by atoms with Crippen LogP contribution in [0.15, 0.2) is 64.8 Å². The molecule has 174 valence electrons. The molecule has 0 N–H and O–H groups in total. The van der Waals surface area contributed by atoms with Gasteiger partial charge in [-0.1, -0.05) is 17.9 Å². The zero-order chi connectivity index (χ0) is 23.5. The van der Waals surface area contributed by atoms with Crippen LogP contribution in [0.25, 0.3) is 10.2 Å². The molecule has 1 aromatic heterocycles. The smallest absolute Gasteiger partial charge is 0.333 e. The number of fused-ring (bicyclic) bond motifs is 1. The fourth-order valence-corrected chi connectivity index (χ4v) is 3.75. The zero-order valence-electron chi connectivity index (χ0n) is 19.1. The Morgan fingerprint density at radius 2 is 1.70 bits per heavy atom. The first-order valence-electron chi connectivity index (χ1n) is 11.1. The van der Waals surface area contributed by atoms with Crippen molar-refractivity contribution in [2.75, 3.05) is 19.8 Å². The molecule has 0 spiro atoms. The number of esters is 1.